The van der Waals surface area contributed by atoms with Gasteiger partial charge in [-0.15, -0.1) is 11.8 Å². The Balaban J connectivity index is 1.55. The van der Waals surface area contributed by atoms with E-state index in [2.05, 4.69) is 5.32 Å². The molecule has 0 saturated heterocycles. The third kappa shape index (κ3) is 4.36. The van der Waals surface area contributed by atoms with E-state index < -0.39 is 0 Å². The van der Waals surface area contributed by atoms with Crippen molar-refractivity contribution in [3.8, 4) is 11.5 Å². The number of hydrogen-bond acceptors (Lipinski definition) is 4. The second kappa shape index (κ2) is 7.81. The quantitative estimate of drug-likeness (QED) is 0.813. The summed E-state index contributed by atoms with van der Waals surface area (Å²) in [6, 6.07) is 13.1. The predicted octanol–water partition coefficient (Wildman–Crippen LogP) is 4.08. The van der Waals surface area contributed by atoms with Crippen molar-refractivity contribution >= 4 is 29.3 Å². The van der Waals surface area contributed by atoms with Crippen molar-refractivity contribution in [3.05, 3.63) is 53.1 Å². The highest BCUT2D eigenvalue weighted by atomic mass is 35.5. The molecule has 0 spiro atoms. The summed E-state index contributed by atoms with van der Waals surface area (Å²) in [5.74, 6) is 1.82. The summed E-state index contributed by atoms with van der Waals surface area (Å²) in [6.45, 7) is 3.08. The van der Waals surface area contributed by atoms with Gasteiger partial charge in [-0.3, -0.25) is 4.79 Å². The molecule has 0 aliphatic carbocycles. The van der Waals surface area contributed by atoms with Gasteiger partial charge in [0.1, 0.15) is 13.2 Å². The van der Waals surface area contributed by atoms with Gasteiger partial charge >= 0.3 is 0 Å². The molecule has 1 amide bonds. The molecule has 0 aromatic heterocycles. The number of fused-ring (bicyclic) bond motifs is 1. The number of thioether (sulfide) groups is 1. The molecule has 1 heterocycles. The molecule has 1 aliphatic rings. The Morgan fingerprint density at radius 1 is 1.17 bits per heavy atom. The first-order chi connectivity index (χ1) is 11.6. The molecular formula is C18H18ClNO3S. The third-order valence-corrected chi connectivity index (χ3v) is 4.89. The Labute approximate surface area is 150 Å². The van der Waals surface area contributed by atoms with Gasteiger partial charge in [-0.2, -0.15) is 0 Å². The minimum absolute atomic E-state index is 0.0164. The number of carbonyl (C=O) groups is 1. The summed E-state index contributed by atoms with van der Waals surface area (Å²) in [4.78, 5) is 13.2. The lowest BCUT2D eigenvalue weighted by Gasteiger charge is -2.21. The fraction of sp³-hybridized carbons (Fsp3) is 0.278. The lowest BCUT2D eigenvalue weighted by atomic mass is 10.1. The van der Waals surface area contributed by atoms with Crippen molar-refractivity contribution in [1.29, 1.82) is 0 Å². The molecule has 1 unspecified atom stereocenters. The Morgan fingerprint density at radius 3 is 2.62 bits per heavy atom. The van der Waals surface area contributed by atoms with Gasteiger partial charge in [-0.1, -0.05) is 17.7 Å². The smallest absolute Gasteiger partial charge is 0.230 e. The van der Waals surface area contributed by atoms with Crippen LogP contribution in [0.2, 0.25) is 5.02 Å². The normalized spacial score (nSPS) is 14.1. The molecule has 1 aliphatic heterocycles. The van der Waals surface area contributed by atoms with E-state index in [1.54, 1.807) is 0 Å². The summed E-state index contributed by atoms with van der Waals surface area (Å²) < 4.78 is 11.1. The van der Waals surface area contributed by atoms with E-state index in [0.29, 0.717) is 24.0 Å². The van der Waals surface area contributed by atoms with Gasteiger partial charge in [-0.25, -0.2) is 0 Å². The zero-order valence-corrected chi connectivity index (χ0v) is 14.8. The van der Waals surface area contributed by atoms with Crippen molar-refractivity contribution in [3.63, 3.8) is 0 Å². The molecule has 1 N–H and O–H groups in total. The van der Waals surface area contributed by atoms with Crippen LogP contribution in [0.1, 0.15) is 18.5 Å². The second-order valence-corrected chi connectivity index (χ2v) is 6.92. The van der Waals surface area contributed by atoms with E-state index in [-0.39, 0.29) is 11.9 Å². The second-order valence-electron chi connectivity index (χ2n) is 5.43. The third-order valence-electron chi connectivity index (χ3n) is 3.63. The Bertz CT molecular complexity index is 721. The highest BCUT2D eigenvalue weighted by Crippen LogP contribution is 2.32. The molecule has 24 heavy (non-hydrogen) atoms. The van der Waals surface area contributed by atoms with Crippen molar-refractivity contribution < 1.29 is 14.3 Å². The number of hydrogen-bond donors (Lipinski definition) is 1. The van der Waals surface area contributed by atoms with Crippen LogP contribution in [0, 0.1) is 0 Å². The fourth-order valence-corrected chi connectivity index (χ4v) is 3.21. The van der Waals surface area contributed by atoms with Crippen LogP contribution in [0.5, 0.6) is 11.5 Å². The molecule has 0 fully saturated rings. The van der Waals surface area contributed by atoms with E-state index in [1.807, 2.05) is 49.4 Å². The highest BCUT2D eigenvalue weighted by Gasteiger charge is 2.15. The standard InChI is InChI=1S/C18H18ClNO3S/c1-12(13-2-7-16-17(10-13)23-9-8-22-16)20-18(21)11-24-15-5-3-14(19)4-6-15/h2-7,10,12H,8-9,11H2,1H3,(H,20,21). The first-order valence-corrected chi connectivity index (χ1v) is 9.05. The van der Waals surface area contributed by atoms with Crippen LogP contribution < -0.4 is 14.8 Å². The minimum Gasteiger partial charge on any atom is -0.486 e. The van der Waals surface area contributed by atoms with Crippen LogP contribution in [-0.2, 0) is 4.79 Å². The fourth-order valence-electron chi connectivity index (χ4n) is 2.38. The monoisotopic (exact) mass is 363 g/mol. The van der Waals surface area contributed by atoms with Gasteiger partial charge < -0.3 is 14.8 Å². The first-order valence-electron chi connectivity index (χ1n) is 7.69. The van der Waals surface area contributed by atoms with Crippen LogP contribution in [0.15, 0.2) is 47.4 Å². The Hall–Kier alpha value is -1.85. The van der Waals surface area contributed by atoms with Crippen LogP contribution in [0.25, 0.3) is 0 Å². The number of rotatable bonds is 5. The van der Waals surface area contributed by atoms with E-state index in [9.17, 15) is 4.79 Å². The zero-order chi connectivity index (χ0) is 16.9. The SMILES string of the molecule is CC(NC(=O)CSc1ccc(Cl)cc1)c1ccc2c(c1)OCCO2. The summed E-state index contributed by atoms with van der Waals surface area (Å²) >= 11 is 7.34. The highest BCUT2D eigenvalue weighted by molar-refractivity contribution is 8.00. The molecule has 0 saturated carbocycles. The summed E-state index contributed by atoms with van der Waals surface area (Å²) in [7, 11) is 0. The zero-order valence-electron chi connectivity index (χ0n) is 13.3. The van der Waals surface area contributed by atoms with E-state index >= 15 is 0 Å². The Morgan fingerprint density at radius 2 is 1.88 bits per heavy atom. The van der Waals surface area contributed by atoms with Crippen LogP contribution in [-0.4, -0.2) is 24.9 Å². The maximum Gasteiger partial charge on any atom is 0.230 e. The van der Waals surface area contributed by atoms with Crippen molar-refractivity contribution in [2.45, 2.75) is 17.9 Å². The lowest BCUT2D eigenvalue weighted by Crippen LogP contribution is -2.28. The van der Waals surface area contributed by atoms with Gasteiger partial charge in [-0.05, 0) is 48.9 Å². The molecule has 2 aromatic rings. The van der Waals surface area contributed by atoms with Gasteiger partial charge in [0, 0.05) is 9.92 Å². The number of amides is 1. The van der Waals surface area contributed by atoms with Crippen LogP contribution >= 0.6 is 23.4 Å². The Kier molecular flexibility index (Phi) is 5.53. The topological polar surface area (TPSA) is 47.6 Å². The molecule has 0 bridgehead atoms. The molecule has 6 heteroatoms. The van der Waals surface area contributed by atoms with E-state index in [4.69, 9.17) is 21.1 Å². The largest absolute Gasteiger partial charge is 0.486 e. The molecule has 4 nitrogen and oxygen atoms in total. The molecule has 2 aromatic carbocycles. The van der Waals surface area contributed by atoms with Crippen LogP contribution in [0.3, 0.4) is 0 Å². The number of carbonyl (C=O) groups excluding carboxylic acids is 1. The van der Waals surface area contributed by atoms with Crippen molar-refractivity contribution in [2.75, 3.05) is 19.0 Å². The molecular weight excluding hydrogens is 346 g/mol. The van der Waals surface area contributed by atoms with E-state index in [0.717, 1.165) is 22.0 Å². The average molecular weight is 364 g/mol. The summed E-state index contributed by atoms with van der Waals surface area (Å²) in [6.07, 6.45) is 0. The predicted molar refractivity (Wildman–Crippen MR) is 96.2 cm³/mol. The average Bonchev–Trinajstić information content (AvgIpc) is 2.61. The lowest BCUT2D eigenvalue weighted by molar-refractivity contribution is -0.119. The maximum atomic E-state index is 12.1. The van der Waals surface area contributed by atoms with Gasteiger partial charge in [0.2, 0.25) is 5.91 Å². The molecule has 3 rings (SSSR count). The maximum absolute atomic E-state index is 12.1. The number of benzene rings is 2. The first kappa shape index (κ1) is 17.0. The van der Waals surface area contributed by atoms with Gasteiger partial charge in [0.25, 0.3) is 0 Å². The van der Waals surface area contributed by atoms with Gasteiger partial charge in [0.15, 0.2) is 11.5 Å². The van der Waals surface area contributed by atoms with Crippen molar-refractivity contribution in [1.82, 2.24) is 5.32 Å². The van der Waals surface area contributed by atoms with Crippen LogP contribution in [0.4, 0.5) is 0 Å². The summed E-state index contributed by atoms with van der Waals surface area (Å²) in [5.41, 5.74) is 0.990. The number of halogens is 1. The number of nitrogens with one attached hydrogen (secondary N) is 1. The molecule has 0 radical (unpaired) electrons. The molecule has 1 atom stereocenters. The minimum atomic E-state index is -0.0980. The van der Waals surface area contributed by atoms with Gasteiger partial charge in [0.05, 0.1) is 11.8 Å². The van der Waals surface area contributed by atoms with E-state index in [1.165, 1.54) is 11.8 Å². The van der Waals surface area contributed by atoms with Crippen molar-refractivity contribution in [2.24, 2.45) is 0 Å². The molecule has 126 valence electrons. The number of ether oxygens (including phenoxy) is 2. The summed E-state index contributed by atoms with van der Waals surface area (Å²) in [5, 5.41) is 3.69.